The van der Waals surface area contributed by atoms with Crippen molar-refractivity contribution in [3.63, 3.8) is 0 Å². The molecule has 0 bridgehead atoms. The van der Waals surface area contributed by atoms with Gasteiger partial charge in [-0.1, -0.05) is 59.6 Å². The van der Waals surface area contributed by atoms with E-state index in [0.717, 1.165) is 5.56 Å². The number of carbonyl (C=O) groups excluding carboxylic acids is 2. The number of alkyl halides is 3. The minimum atomic E-state index is -5.37. The Kier molecular flexibility index (Phi) is 6.38. The number of hydrogen-bond acceptors (Lipinski definition) is 5. The molecule has 11 heteroatoms. The number of aryl methyl sites for hydroxylation is 2. The molecule has 0 unspecified atom stereocenters. The molecule has 7 nitrogen and oxygen atoms in total. The maximum absolute atomic E-state index is 15.9. The van der Waals surface area contributed by atoms with Gasteiger partial charge in [0.05, 0.1) is 35.8 Å². The van der Waals surface area contributed by atoms with Gasteiger partial charge < -0.3 is 14.4 Å². The fourth-order valence-corrected chi connectivity index (χ4v) is 6.23. The van der Waals surface area contributed by atoms with E-state index in [1.54, 1.807) is 54.6 Å². The van der Waals surface area contributed by atoms with Crippen LogP contribution in [0.1, 0.15) is 34.9 Å². The summed E-state index contributed by atoms with van der Waals surface area (Å²) >= 11 is 6.35. The summed E-state index contributed by atoms with van der Waals surface area (Å²) in [6, 6.07) is 19.9. The Balaban J connectivity index is 1.70. The average molecular weight is 596 g/mol. The maximum atomic E-state index is 15.9. The van der Waals surface area contributed by atoms with Crippen LogP contribution < -0.4 is 9.64 Å². The molecular formula is C31H25ClF3N3O4. The Morgan fingerprint density at radius 2 is 1.74 bits per heavy atom. The van der Waals surface area contributed by atoms with Gasteiger partial charge in [0.1, 0.15) is 0 Å². The van der Waals surface area contributed by atoms with Crippen LogP contribution in [0.25, 0.3) is 5.69 Å². The molecule has 1 amide bonds. The van der Waals surface area contributed by atoms with E-state index in [1.165, 1.54) is 41.6 Å². The zero-order valence-corrected chi connectivity index (χ0v) is 23.6. The number of hydrogen-bond donors (Lipinski definition) is 0. The summed E-state index contributed by atoms with van der Waals surface area (Å²) in [7, 11) is 0. The number of aromatic nitrogens is 2. The molecule has 4 aromatic rings. The number of rotatable bonds is 5. The SMILES string of the molecule is CCOC(=O)[C@@]1(C(F)(F)F)c2c(C)nn(-c3ccc(C)cc3)c2O[C@@]12C(=O)N(Cc1ccccc1)c1ccc(Cl)cc12. The standard InChI is InChI=1S/C31H25ClF3N3O4/c1-4-41-28(40)29(31(33,34)35)25-19(3)36-38(22-13-10-18(2)11-14-22)26(25)42-30(29)23-16-21(32)12-15-24(23)37(27(30)39)17-20-8-6-5-7-9-20/h5-16H,4,17H2,1-3H3/t29-,30-/m0/s1. The molecular weight excluding hydrogens is 571 g/mol. The van der Waals surface area contributed by atoms with Crippen LogP contribution >= 0.6 is 11.6 Å². The molecule has 2 atom stereocenters. The van der Waals surface area contributed by atoms with E-state index in [9.17, 15) is 9.59 Å². The lowest BCUT2D eigenvalue weighted by Gasteiger charge is -2.40. The molecule has 42 heavy (non-hydrogen) atoms. The fourth-order valence-electron chi connectivity index (χ4n) is 6.06. The van der Waals surface area contributed by atoms with Gasteiger partial charge in [-0.2, -0.15) is 18.3 Å². The van der Waals surface area contributed by atoms with Crippen LogP contribution in [-0.4, -0.2) is 34.4 Å². The van der Waals surface area contributed by atoms with Crippen LogP contribution in [0.15, 0.2) is 72.8 Å². The second kappa shape index (κ2) is 9.62. The molecule has 1 aromatic heterocycles. The van der Waals surface area contributed by atoms with E-state index in [1.807, 2.05) is 6.92 Å². The van der Waals surface area contributed by atoms with Crippen molar-refractivity contribution in [2.45, 2.75) is 44.5 Å². The molecule has 0 fully saturated rings. The second-order valence-electron chi connectivity index (χ2n) is 10.3. The first-order chi connectivity index (χ1) is 20.0. The van der Waals surface area contributed by atoms with Crippen molar-refractivity contribution >= 4 is 29.2 Å². The highest BCUT2D eigenvalue weighted by atomic mass is 35.5. The molecule has 3 aromatic carbocycles. The van der Waals surface area contributed by atoms with Gasteiger partial charge in [-0.15, -0.1) is 0 Å². The van der Waals surface area contributed by atoms with Gasteiger partial charge in [-0.3, -0.25) is 9.59 Å². The fraction of sp³-hybridized carbons (Fsp3) is 0.258. The third-order valence-corrected chi connectivity index (χ3v) is 8.05. The molecule has 216 valence electrons. The van der Waals surface area contributed by atoms with Crippen LogP contribution in [0, 0.1) is 13.8 Å². The summed E-state index contributed by atoms with van der Waals surface area (Å²) in [4.78, 5) is 29.8. The zero-order chi connectivity index (χ0) is 30.0. The highest BCUT2D eigenvalue weighted by Crippen LogP contribution is 2.67. The lowest BCUT2D eigenvalue weighted by molar-refractivity contribution is -0.237. The lowest BCUT2D eigenvalue weighted by Crippen LogP contribution is -2.66. The number of nitrogens with zero attached hydrogens (tertiary/aromatic N) is 3. The number of anilines is 1. The molecule has 0 saturated carbocycles. The Bertz CT molecular complexity index is 1720. The topological polar surface area (TPSA) is 73.7 Å². The molecule has 3 heterocycles. The second-order valence-corrected chi connectivity index (χ2v) is 10.7. The molecule has 0 radical (unpaired) electrons. The quantitative estimate of drug-likeness (QED) is 0.252. The summed E-state index contributed by atoms with van der Waals surface area (Å²) in [6.45, 7) is 4.18. The lowest BCUT2D eigenvalue weighted by atomic mass is 9.65. The van der Waals surface area contributed by atoms with Crippen LogP contribution in [0.4, 0.5) is 18.9 Å². The van der Waals surface area contributed by atoms with Gasteiger partial charge in [0.15, 0.2) is 0 Å². The normalized spacial score (nSPS) is 20.9. The summed E-state index contributed by atoms with van der Waals surface area (Å²) in [5.41, 5.74) is -5.30. The van der Waals surface area contributed by atoms with Crippen molar-refractivity contribution < 1.29 is 32.2 Å². The van der Waals surface area contributed by atoms with E-state index >= 15 is 13.2 Å². The summed E-state index contributed by atoms with van der Waals surface area (Å²) in [5.74, 6) is -3.11. The first-order valence-electron chi connectivity index (χ1n) is 13.2. The molecule has 1 spiro atoms. The molecule has 0 N–H and O–H groups in total. The maximum Gasteiger partial charge on any atom is 0.414 e. The monoisotopic (exact) mass is 595 g/mol. The zero-order valence-electron chi connectivity index (χ0n) is 22.8. The van der Waals surface area contributed by atoms with E-state index < -0.39 is 34.6 Å². The van der Waals surface area contributed by atoms with Crippen LogP contribution in [0.2, 0.25) is 5.02 Å². The van der Waals surface area contributed by atoms with Crippen molar-refractivity contribution in [1.29, 1.82) is 0 Å². The Morgan fingerprint density at radius 3 is 2.38 bits per heavy atom. The minimum Gasteiger partial charge on any atom is -0.465 e. The number of fused-ring (bicyclic) bond motifs is 3. The predicted octanol–water partition coefficient (Wildman–Crippen LogP) is 6.34. The third kappa shape index (κ3) is 3.64. The van der Waals surface area contributed by atoms with Gasteiger partial charge in [0.25, 0.3) is 5.91 Å². The minimum absolute atomic E-state index is 0.0684. The van der Waals surface area contributed by atoms with Crippen LogP contribution in [0.5, 0.6) is 5.88 Å². The smallest absolute Gasteiger partial charge is 0.414 e. The van der Waals surface area contributed by atoms with Crippen molar-refractivity contribution in [3.05, 3.63) is 106 Å². The number of benzene rings is 3. The molecule has 0 aliphatic carbocycles. The number of ether oxygens (including phenoxy) is 2. The largest absolute Gasteiger partial charge is 0.465 e. The Morgan fingerprint density at radius 1 is 1.05 bits per heavy atom. The molecule has 2 aliphatic heterocycles. The highest BCUT2D eigenvalue weighted by Gasteiger charge is 2.85. The summed E-state index contributed by atoms with van der Waals surface area (Å²) < 4.78 is 60.4. The van der Waals surface area contributed by atoms with E-state index in [-0.39, 0.29) is 41.0 Å². The van der Waals surface area contributed by atoms with Crippen molar-refractivity contribution in [2.24, 2.45) is 0 Å². The summed E-state index contributed by atoms with van der Waals surface area (Å²) in [5, 5.41) is 4.42. The molecule has 2 aliphatic rings. The van der Waals surface area contributed by atoms with Gasteiger partial charge in [-0.05, 0) is 56.7 Å². The third-order valence-electron chi connectivity index (χ3n) is 7.81. The van der Waals surface area contributed by atoms with Gasteiger partial charge in [-0.25, -0.2) is 4.68 Å². The van der Waals surface area contributed by atoms with E-state index in [4.69, 9.17) is 21.1 Å². The number of halogens is 4. The number of esters is 1. The van der Waals surface area contributed by atoms with Crippen LogP contribution in [0.3, 0.4) is 0 Å². The predicted molar refractivity (Wildman–Crippen MR) is 149 cm³/mol. The van der Waals surface area contributed by atoms with Crippen molar-refractivity contribution in [2.75, 3.05) is 11.5 Å². The van der Waals surface area contributed by atoms with Gasteiger partial charge in [0, 0.05) is 10.6 Å². The average Bonchev–Trinajstić information content (AvgIpc) is 3.53. The summed E-state index contributed by atoms with van der Waals surface area (Å²) in [6.07, 6.45) is -5.37. The Labute approximate surface area is 244 Å². The highest BCUT2D eigenvalue weighted by molar-refractivity contribution is 6.31. The van der Waals surface area contributed by atoms with E-state index in [2.05, 4.69) is 5.10 Å². The Hall–Kier alpha value is -4.31. The molecule has 6 rings (SSSR count). The van der Waals surface area contributed by atoms with E-state index in [0.29, 0.717) is 11.3 Å². The van der Waals surface area contributed by atoms with Crippen molar-refractivity contribution in [1.82, 2.24) is 9.78 Å². The van der Waals surface area contributed by atoms with Crippen molar-refractivity contribution in [3.8, 4) is 11.6 Å². The van der Waals surface area contributed by atoms with Gasteiger partial charge >= 0.3 is 12.1 Å². The number of carbonyl (C=O) groups is 2. The number of amides is 1. The van der Waals surface area contributed by atoms with Crippen LogP contribution in [-0.2, 0) is 31.9 Å². The first-order valence-corrected chi connectivity index (χ1v) is 13.6. The first kappa shape index (κ1) is 27.8. The van der Waals surface area contributed by atoms with Gasteiger partial charge in [0.2, 0.25) is 16.9 Å². The molecule has 0 saturated heterocycles.